The Morgan fingerprint density at radius 2 is 1.77 bits per heavy atom. The van der Waals surface area contributed by atoms with Crippen LogP contribution in [0.5, 0.6) is 11.5 Å². The zero-order valence-corrected chi connectivity index (χ0v) is 35.0. The number of aromatic hydroxyl groups is 2. The molecule has 2 atom stereocenters. The highest BCUT2D eigenvalue weighted by Crippen LogP contribution is 2.42. The Bertz CT molecular complexity index is 2800. The minimum Gasteiger partial charge on any atom is -0.508 e. The van der Waals surface area contributed by atoms with E-state index in [1.165, 1.54) is 6.07 Å². The quantitative estimate of drug-likeness (QED) is 0.157. The molecule has 6 heterocycles. The van der Waals surface area contributed by atoms with Crippen LogP contribution in [0, 0.1) is 6.92 Å². The average Bonchev–Trinajstić information content (AvgIpc) is 3.82. The molecule has 0 spiro atoms. The molecule has 0 bridgehead atoms. The Balaban J connectivity index is 0.856. The largest absolute Gasteiger partial charge is 0.508 e. The number of nitrogens with one attached hydrogen (secondary N) is 1. The maximum absolute atomic E-state index is 13.7. The number of esters is 1. The highest BCUT2D eigenvalue weighted by atomic mass is 16.6. The number of carbonyl (C=O) groups is 2. The summed E-state index contributed by atoms with van der Waals surface area (Å²) in [7, 11) is 0. The number of aliphatic hydroxyl groups is 1. The molecule has 0 radical (unpaired) electrons. The lowest BCUT2D eigenvalue weighted by molar-refractivity contribution is -0.172. The fourth-order valence-corrected chi connectivity index (χ4v) is 9.36. The van der Waals surface area contributed by atoms with Crippen LogP contribution in [-0.4, -0.2) is 89.2 Å². The summed E-state index contributed by atoms with van der Waals surface area (Å²) < 4.78 is 12.9. The maximum Gasteiger partial charge on any atom is 0.410 e. The lowest BCUT2D eigenvalue weighted by Gasteiger charge is -2.34. The lowest BCUT2D eigenvalue weighted by Crippen LogP contribution is -2.49. The van der Waals surface area contributed by atoms with Crippen molar-refractivity contribution < 1.29 is 34.4 Å². The van der Waals surface area contributed by atoms with Gasteiger partial charge in [0.2, 0.25) is 0 Å². The number of aryl methyl sites for hydroxylation is 1. The van der Waals surface area contributed by atoms with Gasteiger partial charge in [-0.3, -0.25) is 14.8 Å². The minimum atomic E-state index is -1.89. The zero-order chi connectivity index (χ0) is 42.9. The van der Waals surface area contributed by atoms with E-state index in [9.17, 15) is 29.7 Å². The SMILES string of the molecule is CCc1c2c(nc3c1=CC(OC(=O)N1CCN(Cc4ccc(-c5c(-c6cc(C(C)C)c(O)cc6O)n[nH]c5C)cc4)CC1)CC=3)-c1cc3c(c(=O)n1C2)COC(=O)[C@]3(O)CC. The van der Waals surface area contributed by atoms with Gasteiger partial charge in [0.25, 0.3) is 5.56 Å². The van der Waals surface area contributed by atoms with Crippen molar-refractivity contribution in [1.82, 2.24) is 29.5 Å². The van der Waals surface area contributed by atoms with Gasteiger partial charge in [-0.1, -0.05) is 58.0 Å². The number of nitrogens with zero attached hydrogens (tertiary/aromatic N) is 5. The molecule has 1 unspecified atom stereocenters. The third kappa shape index (κ3) is 6.78. The number of fused-ring (bicyclic) bond motifs is 5. The molecular weight excluding hydrogens is 777 g/mol. The summed E-state index contributed by atoms with van der Waals surface area (Å²) in [4.78, 5) is 48.9. The summed E-state index contributed by atoms with van der Waals surface area (Å²) in [5.74, 6) is -0.655. The van der Waals surface area contributed by atoms with E-state index in [-0.39, 0.29) is 53.2 Å². The van der Waals surface area contributed by atoms with Crippen molar-refractivity contribution >= 4 is 24.2 Å². The maximum atomic E-state index is 13.7. The molecule has 0 saturated carbocycles. The Hall–Kier alpha value is -6.25. The summed E-state index contributed by atoms with van der Waals surface area (Å²) in [5.41, 5.74) is 7.32. The number of cyclic esters (lactones) is 1. The fourth-order valence-electron chi connectivity index (χ4n) is 9.36. The van der Waals surface area contributed by atoms with Gasteiger partial charge >= 0.3 is 12.1 Å². The van der Waals surface area contributed by atoms with Gasteiger partial charge in [-0.15, -0.1) is 0 Å². The van der Waals surface area contributed by atoms with E-state index in [0.29, 0.717) is 68.2 Å². The van der Waals surface area contributed by atoms with Gasteiger partial charge in [-0.05, 0) is 66.1 Å². The molecule has 61 heavy (non-hydrogen) atoms. The van der Waals surface area contributed by atoms with Gasteiger partial charge in [0.05, 0.1) is 28.8 Å². The van der Waals surface area contributed by atoms with E-state index in [0.717, 1.165) is 56.2 Å². The van der Waals surface area contributed by atoms with Crippen LogP contribution in [0.3, 0.4) is 0 Å². The molecule has 14 nitrogen and oxygen atoms in total. The number of H-pyrrole nitrogens is 1. The van der Waals surface area contributed by atoms with Gasteiger partial charge in [0.15, 0.2) is 5.60 Å². The number of carbonyl (C=O) groups excluding carboxylic acids is 2. The second-order valence-corrected chi connectivity index (χ2v) is 16.8. The van der Waals surface area contributed by atoms with E-state index in [4.69, 9.17) is 14.5 Å². The summed E-state index contributed by atoms with van der Waals surface area (Å²) in [6, 6.07) is 13.2. The van der Waals surface area contributed by atoms with Crippen molar-refractivity contribution in [2.75, 3.05) is 26.2 Å². The predicted octanol–water partition coefficient (Wildman–Crippen LogP) is 4.68. The van der Waals surface area contributed by atoms with Crippen LogP contribution in [0.2, 0.25) is 0 Å². The molecule has 316 valence electrons. The Morgan fingerprint density at radius 1 is 1.02 bits per heavy atom. The van der Waals surface area contributed by atoms with E-state index in [1.54, 1.807) is 28.5 Å². The molecule has 1 fully saturated rings. The number of aromatic amines is 1. The van der Waals surface area contributed by atoms with Crippen LogP contribution in [0.4, 0.5) is 4.79 Å². The fraction of sp³-hybridized carbons (Fsp3) is 0.383. The summed E-state index contributed by atoms with van der Waals surface area (Å²) >= 11 is 0. The number of piperazine rings is 1. The monoisotopic (exact) mass is 826 g/mol. The second kappa shape index (κ2) is 15.3. The van der Waals surface area contributed by atoms with E-state index < -0.39 is 17.7 Å². The first kappa shape index (κ1) is 40.2. The number of phenolic OH excluding ortho intramolecular Hbond substituents is 2. The molecule has 1 saturated heterocycles. The number of hydrogen-bond acceptors (Lipinski definition) is 11. The first-order valence-corrected chi connectivity index (χ1v) is 21.1. The summed E-state index contributed by atoms with van der Waals surface area (Å²) in [6.07, 6.45) is 4.32. The molecule has 2 aromatic carbocycles. The molecule has 3 aromatic heterocycles. The highest BCUT2D eigenvalue weighted by molar-refractivity contribution is 5.86. The van der Waals surface area contributed by atoms with Crippen LogP contribution >= 0.6 is 0 Å². The minimum absolute atomic E-state index is 0.0310. The Morgan fingerprint density at radius 3 is 2.48 bits per heavy atom. The van der Waals surface area contributed by atoms with Gasteiger partial charge in [0, 0.05) is 78.4 Å². The average molecular weight is 827 g/mol. The smallest absolute Gasteiger partial charge is 0.410 e. The number of ether oxygens (including phenoxy) is 2. The molecule has 5 aromatic rings. The number of benzene rings is 2. The number of phenols is 2. The van der Waals surface area contributed by atoms with E-state index in [1.807, 2.05) is 32.9 Å². The molecule has 1 aliphatic carbocycles. The van der Waals surface area contributed by atoms with Crippen molar-refractivity contribution in [2.24, 2.45) is 0 Å². The Kier molecular flexibility index (Phi) is 10.1. The molecular formula is C47H50N6O8. The van der Waals surface area contributed by atoms with Gasteiger partial charge in [0.1, 0.15) is 29.9 Å². The topological polar surface area (TPSA) is 183 Å². The lowest BCUT2D eigenvalue weighted by atomic mass is 9.86. The van der Waals surface area contributed by atoms with Crippen molar-refractivity contribution in [3.05, 3.63) is 102 Å². The predicted molar refractivity (Wildman–Crippen MR) is 228 cm³/mol. The number of rotatable bonds is 8. The third-order valence-electron chi connectivity index (χ3n) is 12.8. The normalized spacial score (nSPS) is 19.4. The number of pyridine rings is 2. The van der Waals surface area contributed by atoms with Crippen LogP contribution in [0.1, 0.15) is 85.5 Å². The van der Waals surface area contributed by atoms with Crippen LogP contribution in [0.25, 0.3) is 45.9 Å². The van der Waals surface area contributed by atoms with Crippen molar-refractivity contribution in [3.8, 4) is 45.3 Å². The molecule has 9 rings (SSSR count). The summed E-state index contributed by atoms with van der Waals surface area (Å²) in [6.45, 7) is 13.0. The van der Waals surface area contributed by atoms with Crippen molar-refractivity contribution in [1.29, 1.82) is 0 Å². The van der Waals surface area contributed by atoms with E-state index >= 15 is 0 Å². The van der Waals surface area contributed by atoms with Crippen molar-refractivity contribution in [2.45, 2.75) is 91.2 Å². The standard InChI is InChI=1S/C47H50N6O8/c1-6-30-32-18-29(12-13-37(32)48-42-34(30)23-53-38(42)20-36-35(44(53)56)24-60-45(57)47(36,59)7-2)61-46(58)52-16-14-51(15-17-52)22-27-8-10-28(11-9-27)41-26(5)49-50-43(41)33-19-31(25(3)4)39(54)21-40(33)55/h8-11,13,18-21,25,29,54-55,59H,6-7,12,14-17,22-24H2,1-5H3,(H,49,50)/t29?,47-/m0/s1. The van der Waals surface area contributed by atoms with Gasteiger partial charge in [-0.2, -0.15) is 5.10 Å². The van der Waals surface area contributed by atoms with Crippen LogP contribution in [-0.2, 0) is 46.0 Å². The summed E-state index contributed by atoms with van der Waals surface area (Å²) in [5, 5.41) is 41.7. The molecule has 1 amide bonds. The molecule has 14 heteroatoms. The number of hydrogen-bond donors (Lipinski definition) is 4. The third-order valence-corrected chi connectivity index (χ3v) is 12.8. The molecule has 3 aliphatic heterocycles. The molecule has 4 aliphatic rings. The Labute approximate surface area is 352 Å². The van der Waals surface area contributed by atoms with Crippen LogP contribution in [0.15, 0.2) is 47.3 Å². The van der Waals surface area contributed by atoms with Gasteiger partial charge in [-0.25, -0.2) is 14.6 Å². The van der Waals surface area contributed by atoms with Crippen molar-refractivity contribution in [3.63, 3.8) is 0 Å². The number of aromatic nitrogens is 4. The van der Waals surface area contributed by atoms with Gasteiger partial charge < -0.3 is 34.3 Å². The number of amides is 1. The zero-order valence-electron chi connectivity index (χ0n) is 35.0. The first-order valence-electron chi connectivity index (χ1n) is 21.1. The second-order valence-electron chi connectivity index (χ2n) is 16.8. The highest BCUT2D eigenvalue weighted by Gasteiger charge is 2.45. The first-order chi connectivity index (χ1) is 29.3. The van der Waals surface area contributed by atoms with Crippen LogP contribution < -0.4 is 16.1 Å². The molecule has 4 N–H and O–H groups in total. The van der Waals surface area contributed by atoms with E-state index in [2.05, 4.69) is 46.3 Å².